The number of phosphoric acid groups is 2. The first-order valence-electron chi connectivity index (χ1n) is 36.9. The summed E-state index contributed by atoms with van der Waals surface area (Å²) in [6, 6.07) is 0. The van der Waals surface area contributed by atoms with Gasteiger partial charge >= 0.3 is 33.6 Å². The van der Waals surface area contributed by atoms with Crippen molar-refractivity contribution in [2.24, 2.45) is 0 Å². The lowest BCUT2D eigenvalue weighted by Gasteiger charge is -2.21. The van der Waals surface area contributed by atoms with Crippen LogP contribution in [0.5, 0.6) is 0 Å². The van der Waals surface area contributed by atoms with Gasteiger partial charge in [-0.05, 0) is 96.3 Å². The smallest absolute Gasteiger partial charge is 0.463 e. The molecule has 4 N–H and O–H groups in total. The molecule has 0 aliphatic carbocycles. The number of unbranched alkanes of at least 4 members (excludes halogenated alkanes) is 33. The van der Waals surface area contributed by atoms with Crippen molar-refractivity contribution in [1.82, 2.24) is 0 Å². The number of carbonyl (C=O) groups excluding carboxylic acids is 3. The van der Waals surface area contributed by atoms with Gasteiger partial charge in [0.05, 0.1) is 26.4 Å². The zero-order chi connectivity index (χ0) is 68.1. The molecule has 0 aromatic carbocycles. The summed E-state index contributed by atoms with van der Waals surface area (Å²) < 4.78 is 61.0. The van der Waals surface area contributed by atoms with Crippen molar-refractivity contribution >= 4 is 33.6 Å². The highest BCUT2D eigenvalue weighted by Gasteiger charge is 2.29. The minimum atomic E-state index is -4.92. The number of allylic oxidation sites excluding steroid dienone is 14. The van der Waals surface area contributed by atoms with E-state index in [4.69, 9.17) is 32.3 Å². The maximum atomic E-state index is 12.9. The van der Waals surface area contributed by atoms with Crippen LogP contribution in [-0.2, 0) is 55.8 Å². The highest BCUT2D eigenvalue weighted by Crippen LogP contribution is 2.45. The summed E-state index contributed by atoms with van der Waals surface area (Å²) in [6.07, 6.45) is 74.9. The van der Waals surface area contributed by atoms with Crippen molar-refractivity contribution < 1.29 is 75.8 Å². The maximum Gasteiger partial charge on any atom is 0.472 e. The van der Waals surface area contributed by atoms with E-state index in [0.717, 1.165) is 135 Å². The first-order chi connectivity index (χ1) is 45.2. The van der Waals surface area contributed by atoms with Crippen molar-refractivity contribution in [3.63, 3.8) is 0 Å². The van der Waals surface area contributed by atoms with Crippen molar-refractivity contribution in [1.29, 1.82) is 0 Å². The molecule has 0 bridgehead atoms. The van der Waals surface area contributed by atoms with Gasteiger partial charge in [0.25, 0.3) is 0 Å². The molecule has 0 spiro atoms. The molecule has 0 aromatic heterocycles. The molecule has 18 heteroatoms. The molecule has 0 amide bonds. The normalized spacial score (nSPS) is 14.6. The molecule has 16 nitrogen and oxygen atoms in total. The zero-order valence-electron chi connectivity index (χ0n) is 58.7. The number of aliphatic hydroxyl groups is 2. The number of hydrogen-bond donors (Lipinski definition) is 4. The van der Waals surface area contributed by atoms with Gasteiger partial charge in [0.1, 0.15) is 25.4 Å². The lowest BCUT2D eigenvalue weighted by Crippen LogP contribution is -2.30. The van der Waals surface area contributed by atoms with Crippen molar-refractivity contribution in [3.05, 3.63) is 85.1 Å². The fraction of sp³-hybridized carbons (Fsp3) is 0.773. The van der Waals surface area contributed by atoms with E-state index in [2.05, 4.69) is 106 Å². The van der Waals surface area contributed by atoms with E-state index in [1.54, 1.807) is 0 Å². The Morgan fingerprint density at radius 2 is 0.570 bits per heavy atom. The average Bonchev–Trinajstić information content (AvgIpc) is 3.71. The van der Waals surface area contributed by atoms with Crippen molar-refractivity contribution in [2.75, 3.05) is 39.6 Å². The number of carbonyl (C=O) groups is 3. The van der Waals surface area contributed by atoms with Crippen molar-refractivity contribution in [3.8, 4) is 0 Å². The van der Waals surface area contributed by atoms with Crippen LogP contribution < -0.4 is 0 Å². The van der Waals surface area contributed by atoms with Gasteiger partial charge in [-0.3, -0.25) is 32.5 Å². The summed E-state index contributed by atoms with van der Waals surface area (Å²) in [6.45, 7) is 2.57. The van der Waals surface area contributed by atoms with Crippen LogP contribution in [0.1, 0.15) is 316 Å². The van der Waals surface area contributed by atoms with Crippen LogP contribution in [0.3, 0.4) is 0 Å². The lowest BCUT2D eigenvalue weighted by molar-refractivity contribution is -0.161. The fourth-order valence-electron chi connectivity index (χ4n) is 9.98. The van der Waals surface area contributed by atoms with Gasteiger partial charge in [0.15, 0.2) is 6.10 Å². The molecule has 0 aliphatic heterocycles. The minimum absolute atomic E-state index is 0.108. The third-order valence-corrected chi connectivity index (χ3v) is 17.5. The first-order valence-corrected chi connectivity index (χ1v) is 39.9. The van der Waals surface area contributed by atoms with Crippen LogP contribution in [0.15, 0.2) is 85.1 Å². The zero-order valence-corrected chi connectivity index (χ0v) is 60.5. The number of aliphatic hydroxyl groups excluding tert-OH is 2. The van der Waals surface area contributed by atoms with Crippen molar-refractivity contribution in [2.45, 2.75) is 334 Å². The largest absolute Gasteiger partial charge is 0.472 e. The Hall–Kier alpha value is -3.27. The van der Waals surface area contributed by atoms with Gasteiger partial charge in [-0.1, -0.05) is 286 Å². The Morgan fingerprint density at radius 1 is 0.312 bits per heavy atom. The van der Waals surface area contributed by atoms with E-state index in [0.29, 0.717) is 19.3 Å². The molecule has 540 valence electrons. The molecule has 0 heterocycles. The van der Waals surface area contributed by atoms with E-state index >= 15 is 0 Å². The predicted octanol–water partition coefficient (Wildman–Crippen LogP) is 20.9. The molecule has 0 radical (unpaired) electrons. The standard InChI is InChI=1S/C75H134O16P2/c1-4-7-10-13-16-19-22-25-28-29-30-31-32-33-34-35-36-37-38-39-42-44-46-49-52-55-58-61-73(78)85-64-70(76)65-87-92(81,82)88-66-71(77)67-89-93(83,84)90-69-72(91-75(80)63-60-57-54-51-48-45-41-27-24-21-18-15-12-9-6-3)68-86-74(79)62-59-56-53-50-47-43-40-26-23-20-17-14-11-8-5-2/h7,10,16,19,25-26,28,30-31,33-34,36-37,40,70-72,76-77H,4-6,8-9,11-15,17-18,20-24,27,29,32,35,38-39,41-69H2,1-3H3,(H,81,82)(H,83,84)/b10-7-,19-16-,28-25-,31-30-,34-33-,37-36-,40-26-. The molecule has 0 aliphatic rings. The predicted molar refractivity (Wildman–Crippen MR) is 381 cm³/mol. The Kier molecular flexibility index (Phi) is 66.2. The highest BCUT2D eigenvalue weighted by molar-refractivity contribution is 7.47. The van der Waals surface area contributed by atoms with Crippen LogP contribution in [0.25, 0.3) is 0 Å². The molecule has 93 heavy (non-hydrogen) atoms. The molecular formula is C75H134O16P2. The molecule has 0 rings (SSSR count). The molecule has 0 saturated carbocycles. The van der Waals surface area contributed by atoms with Gasteiger partial charge in [-0.25, -0.2) is 9.13 Å². The topological polar surface area (TPSA) is 231 Å². The molecule has 0 fully saturated rings. The summed E-state index contributed by atoms with van der Waals surface area (Å²) in [4.78, 5) is 58.5. The van der Waals surface area contributed by atoms with Crippen LogP contribution in [0.4, 0.5) is 0 Å². The number of rotatable bonds is 70. The minimum Gasteiger partial charge on any atom is -0.463 e. The molecular weight excluding hydrogens is 1220 g/mol. The second kappa shape index (κ2) is 68.7. The number of esters is 3. The summed E-state index contributed by atoms with van der Waals surface area (Å²) in [5, 5.41) is 20.6. The molecule has 0 saturated heterocycles. The van der Waals surface area contributed by atoms with Crippen LogP contribution in [0, 0.1) is 0 Å². The quantitative estimate of drug-likeness (QED) is 0.0146. The monoisotopic (exact) mass is 1350 g/mol. The highest BCUT2D eigenvalue weighted by atomic mass is 31.2. The van der Waals surface area contributed by atoms with Crippen LogP contribution >= 0.6 is 15.6 Å². The summed E-state index contributed by atoms with van der Waals surface area (Å²) in [7, 11) is -9.77. The Labute approximate surface area is 565 Å². The third-order valence-electron chi connectivity index (χ3n) is 15.6. The molecule has 5 unspecified atom stereocenters. The summed E-state index contributed by atoms with van der Waals surface area (Å²) >= 11 is 0. The summed E-state index contributed by atoms with van der Waals surface area (Å²) in [5.41, 5.74) is 0. The SMILES string of the molecule is CC/C=C\C/C=C\C/C=C\C/C=C\C/C=C\C/C=C\CCCCCCCCCCC(=O)OCC(O)COP(=O)(O)OCC(O)COP(=O)(O)OCC(COC(=O)CCCCCCC/C=C\CCCCCCCC)OC(=O)CCCCCCCCCCCCCCCCC. The van der Waals surface area contributed by atoms with Gasteiger partial charge in [-0.2, -0.15) is 0 Å². The fourth-order valence-corrected chi connectivity index (χ4v) is 11.6. The van der Waals surface area contributed by atoms with Gasteiger partial charge in [0.2, 0.25) is 0 Å². The second-order valence-corrected chi connectivity index (χ2v) is 27.6. The van der Waals surface area contributed by atoms with E-state index in [-0.39, 0.29) is 19.3 Å². The van der Waals surface area contributed by atoms with E-state index in [1.165, 1.54) is 122 Å². The lowest BCUT2D eigenvalue weighted by atomic mass is 10.0. The number of hydrogen-bond acceptors (Lipinski definition) is 14. The van der Waals surface area contributed by atoms with Gasteiger partial charge < -0.3 is 34.2 Å². The Bertz CT molecular complexity index is 2040. The second-order valence-electron chi connectivity index (χ2n) is 24.7. The van der Waals surface area contributed by atoms with E-state index < -0.39 is 91.5 Å². The van der Waals surface area contributed by atoms with Crippen LogP contribution in [-0.4, -0.2) is 95.9 Å². The van der Waals surface area contributed by atoms with Gasteiger partial charge in [0, 0.05) is 19.3 Å². The molecule has 5 atom stereocenters. The van der Waals surface area contributed by atoms with Crippen LogP contribution in [0.2, 0.25) is 0 Å². The van der Waals surface area contributed by atoms with Gasteiger partial charge in [-0.15, -0.1) is 0 Å². The summed E-state index contributed by atoms with van der Waals surface area (Å²) in [5.74, 6) is -1.58. The third kappa shape index (κ3) is 69.9. The average molecular weight is 1350 g/mol. The molecule has 0 aromatic rings. The first kappa shape index (κ1) is 89.7. The Morgan fingerprint density at radius 3 is 0.914 bits per heavy atom. The maximum absolute atomic E-state index is 12.9. The van der Waals surface area contributed by atoms with E-state index in [1.807, 2.05) is 0 Å². The van der Waals surface area contributed by atoms with E-state index in [9.17, 15) is 43.5 Å². The number of phosphoric ester groups is 2. The number of ether oxygens (including phenoxy) is 3. The Balaban J connectivity index is 4.53.